The van der Waals surface area contributed by atoms with Crippen LogP contribution < -0.4 is 0 Å². The standard InChI is InChI=1S/C46H44N2/c1-29-35-37(45(5)41(33-25-17-11-18-26-33)39(43(35,3)47(45)7)31-21-13-9-14-22-31)30(2)38-36(29)44(4)40(32-23-15-10-16-24-32)42(46(38,6)48(44)8)34-27-19-12-20-28-34/h9-28H,1-8H3/t43-,44+,45+,46-. The lowest BCUT2D eigenvalue weighted by molar-refractivity contribution is 0.143. The van der Waals surface area contributed by atoms with Crippen LogP contribution >= 0.6 is 0 Å². The van der Waals surface area contributed by atoms with Crippen LogP contribution in [0, 0.1) is 13.8 Å². The Balaban J connectivity index is 1.42. The lowest BCUT2D eigenvalue weighted by Crippen LogP contribution is -2.41. The molecule has 0 spiro atoms. The molecule has 48 heavy (non-hydrogen) atoms. The molecule has 9 rings (SSSR count). The first-order chi connectivity index (χ1) is 23.0. The summed E-state index contributed by atoms with van der Waals surface area (Å²) in [7, 11) is 4.74. The fourth-order valence-corrected chi connectivity index (χ4v) is 11.3. The van der Waals surface area contributed by atoms with Gasteiger partial charge in [-0.3, -0.25) is 9.80 Å². The van der Waals surface area contributed by atoms with Crippen LogP contribution in [-0.2, 0) is 22.2 Å². The summed E-state index contributed by atoms with van der Waals surface area (Å²) >= 11 is 0. The number of likely N-dealkylation sites (N-methyl/N-ethyl adjacent to an activating group) is 2. The molecular weight excluding hydrogens is 581 g/mol. The van der Waals surface area contributed by atoms with E-state index in [1.54, 1.807) is 0 Å². The molecule has 5 aromatic rings. The molecule has 238 valence electrons. The molecule has 0 fully saturated rings. The summed E-state index contributed by atoms with van der Waals surface area (Å²) in [6, 6.07) is 44.7. The van der Waals surface area contributed by atoms with E-state index < -0.39 is 0 Å². The fourth-order valence-electron chi connectivity index (χ4n) is 11.3. The quantitative estimate of drug-likeness (QED) is 0.196. The number of hydrogen-bond donors (Lipinski definition) is 0. The van der Waals surface area contributed by atoms with E-state index in [-0.39, 0.29) is 22.2 Å². The van der Waals surface area contributed by atoms with E-state index in [1.807, 2.05) is 0 Å². The summed E-state index contributed by atoms with van der Waals surface area (Å²) < 4.78 is 0. The number of hydrogen-bond acceptors (Lipinski definition) is 2. The summed E-state index contributed by atoms with van der Waals surface area (Å²) in [5.41, 5.74) is 18.7. The lowest BCUT2D eigenvalue weighted by atomic mass is 9.61. The van der Waals surface area contributed by atoms with Crippen molar-refractivity contribution in [3.05, 3.63) is 177 Å². The van der Waals surface area contributed by atoms with Crippen molar-refractivity contribution < 1.29 is 0 Å². The normalized spacial score (nSPS) is 28.8. The van der Waals surface area contributed by atoms with Crippen LogP contribution in [0.15, 0.2) is 121 Å². The van der Waals surface area contributed by atoms with Crippen molar-refractivity contribution in [2.45, 2.75) is 63.7 Å². The fraction of sp³-hybridized carbons (Fsp3) is 0.261. The zero-order chi connectivity index (χ0) is 33.4. The van der Waals surface area contributed by atoms with Crippen LogP contribution in [0.1, 0.15) is 83.3 Å². The van der Waals surface area contributed by atoms with Crippen molar-refractivity contribution >= 4 is 22.3 Å². The Morgan fingerprint density at radius 1 is 0.333 bits per heavy atom. The molecule has 4 atom stereocenters. The van der Waals surface area contributed by atoms with Gasteiger partial charge in [0.25, 0.3) is 0 Å². The van der Waals surface area contributed by atoms with Crippen molar-refractivity contribution in [3.63, 3.8) is 0 Å². The molecule has 4 bridgehead atoms. The van der Waals surface area contributed by atoms with E-state index in [4.69, 9.17) is 0 Å². The molecule has 4 heterocycles. The second-order valence-electron chi connectivity index (χ2n) is 15.1. The van der Waals surface area contributed by atoms with Gasteiger partial charge in [0.05, 0.1) is 22.2 Å². The van der Waals surface area contributed by atoms with Crippen LogP contribution in [0.2, 0.25) is 0 Å². The third-order valence-corrected chi connectivity index (χ3v) is 13.3. The van der Waals surface area contributed by atoms with Gasteiger partial charge in [0, 0.05) is 0 Å². The van der Waals surface area contributed by atoms with Gasteiger partial charge >= 0.3 is 0 Å². The molecule has 0 unspecified atom stereocenters. The Hall–Kier alpha value is -4.50. The van der Waals surface area contributed by atoms with E-state index >= 15 is 0 Å². The lowest BCUT2D eigenvalue weighted by Gasteiger charge is -2.40. The van der Waals surface area contributed by atoms with Gasteiger partial charge in [0.1, 0.15) is 0 Å². The largest absolute Gasteiger partial charge is 0.279 e. The van der Waals surface area contributed by atoms with Crippen molar-refractivity contribution in [1.29, 1.82) is 0 Å². The van der Waals surface area contributed by atoms with E-state index in [2.05, 4.69) is 187 Å². The van der Waals surface area contributed by atoms with Gasteiger partial charge in [-0.2, -0.15) is 0 Å². The molecule has 4 aliphatic heterocycles. The van der Waals surface area contributed by atoms with Gasteiger partial charge in [-0.05, 0) is 134 Å². The maximum Gasteiger partial charge on any atom is 0.0709 e. The number of fused-ring (bicyclic) bond motifs is 10. The summed E-state index contributed by atoms with van der Waals surface area (Å²) in [6.07, 6.45) is 0. The highest BCUT2D eigenvalue weighted by Crippen LogP contribution is 2.74. The van der Waals surface area contributed by atoms with Gasteiger partial charge in [-0.15, -0.1) is 0 Å². The molecule has 2 nitrogen and oxygen atoms in total. The molecule has 0 saturated heterocycles. The van der Waals surface area contributed by atoms with Crippen LogP contribution in [-0.4, -0.2) is 23.9 Å². The van der Waals surface area contributed by atoms with Crippen molar-refractivity contribution in [2.24, 2.45) is 0 Å². The molecule has 0 N–H and O–H groups in total. The highest BCUT2D eigenvalue weighted by Gasteiger charge is 2.69. The highest BCUT2D eigenvalue weighted by molar-refractivity contribution is 6.08. The second kappa shape index (κ2) is 9.56. The molecule has 2 heteroatoms. The van der Waals surface area contributed by atoms with Crippen LogP contribution in [0.3, 0.4) is 0 Å². The molecule has 0 amide bonds. The zero-order valence-corrected chi connectivity index (χ0v) is 29.4. The SMILES string of the molecule is Cc1c2c(c(C)c3c1[C@@]1(C)C(c4ccccc4)=C(c4ccccc4)[C@]3(C)N1C)[C@@]1(C)C(c3ccccc3)=C(c3ccccc3)[C@]2(C)N1C. The van der Waals surface area contributed by atoms with Crippen LogP contribution in [0.5, 0.6) is 0 Å². The van der Waals surface area contributed by atoms with E-state index in [1.165, 1.54) is 77.9 Å². The first kappa shape index (κ1) is 29.6. The maximum atomic E-state index is 2.70. The summed E-state index contributed by atoms with van der Waals surface area (Å²) in [6.45, 7) is 14.9. The summed E-state index contributed by atoms with van der Waals surface area (Å²) in [4.78, 5) is 5.40. The van der Waals surface area contributed by atoms with Crippen LogP contribution in [0.4, 0.5) is 0 Å². The van der Waals surface area contributed by atoms with Gasteiger partial charge in [0.2, 0.25) is 0 Å². The Bertz CT molecular complexity index is 1900. The van der Waals surface area contributed by atoms with Crippen molar-refractivity contribution in [1.82, 2.24) is 9.80 Å². The maximum absolute atomic E-state index is 2.70. The Kier molecular flexibility index (Phi) is 5.90. The van der Waals surface area contributed by atoms with Gasteiger partial charge < -0.3 is 0 Å². The minimum atomic E-state index is -0.308. The molecular formula is C46H44N2. The average Bonchev–Trinajstić information content (AvgIpc) is 3.58. The minimum absolute atomic E-state index is 0.308. The Labute approximate surface area is 286 Å². The average molecular weight is 625 g/mol. The number of rotatable bonds is 4. The number of nitrogens with zero attached hydrogens (tertiary/aromatic N) is 2. The molecule has 0 aromatic heterocycles. The molecule has 0 saturated carbocycles. The smallest absolute Gasteiger partial charge is 0.0709 e. The third kappa shape index (κ3) is 3.13. The molecule has 5 aromatic carbocycles. The van der Waals surface area contributed by atoms with E-state index in [0.717, 1.165) is 0 Å². The minimum Gasteiger partial charge on any atom is -0.279 e. The Morgan fingerprint density at radius 2 is 0.521 bits per heavy atom. The second-order valence-corrected chi connectivity index (χ2v) is 15.1. The summed E-state index contributed by atoms with van der Waals surface area (Å²) in [5, 5.41) is 0. The van der Waals surface area contributed by atoms with Crippen molar-refractivity contribution in [3.8, 4) is 0 Å². The number of benzene rings is 5. The summed E-state index contributed by atoms with van der Waals surface area (Å²) in [5.74, 6) is 0. The molecule has 0 aliphatic carbocycles. The first-order valence-electron chi connectivity index (χ1n) is 17.4. The van der Waals surface area contributed by atoms with Crippen LogP contribution in [0.25, 0.3) is 22.3 Å². The first-order valence-corrected chi connectivity index (χ1v) is 17.4. The van der Waals surface area contributed by atoms with E-state index in [0.29, 0.717) is 0 Å². The zero-order valence-electron chi connectivity index (χ0n) is 29.4. The third-order valence-electron chi connectivity index (χ3n) is 13.3. The predicted octanol–water partition coefficient (Wildman–Crippen LogP) is 10.3. The highest BCUT2D eigenvalue weighted by atomic mass is 15.3. The van der Waals surface area contributed by atoms with Crippen molar-refractivity contribution in [2.75, 3.05) is 14.1 Å². The van der Waals surface area contributed by atoms with E-state index in [9.17, 15) is 0 Å². The Morgan fingerprint density at radius 3 is 0.708 bits per heavy atom. The monoisotopic (exact) mass is 624 g/mol. The topological polar surface area (TPSA) is 6.48 Å². The van der Waals surface area contributed by atoms with Gasteiger partial charge in [-0.1, -0.05) is 121 Å². The molecule has 4 aliphatic rings. The van der Waals surface area contributed by atoms with Gasteiger partial charge in [-0.25, -0.2) is 0 Å². The predicted molar refractivity (Wildman–Crippen MR) is 200 cm³/mol. The van der Waals surface area contributed by atoms with Gasteiger partial charge in [0.15, 0.2) is 0 Å². The molecule has 0 radical (unpaired) electrons.